The Morgan fingerprint density at radius 3 is 3.04 bits per heavy atom. The Hall–Kier alpha value is -3.01. The number of fused-ring (bicyclic) bond motifs is 9. The number of aromatic amines is 1. The molecule has 1 aromatic carbocycles. The van der Waals surface area contributed by atoms with Crippen LogP contribution in [0.15, 0.2) is 36.5 Å². The lowest BCUT2D eigenvalue weighted by Gasteiger charge is -2.12. The van der Waals surface area contributed by atoms with E-state index in [1.807, 2.05) is 11.9 Å². The minimum Gasteiger partial charge on any atom is -0.372 e. The molecule has 1 atom stereocenters. The lowest BCUT2D eigenvalue weighted by molar-refractivity contribution is 0.0816. The zero-order valence-corrected chi connectivity index (χ0v) is 13.9. The van der Waals surface area contributed by atoms with Gasteiger partial charge in [0.25, 0.3) is 5.91 Å². The zero-order chi connectivity index (χ0) is 16.7. The van der Waals surface area contributed by atoms with Gasteiger partial charge in [0.1, 0.15) is 0 Å². The number of aromatic nitrogens is 1. The Morgan fingerprint density at radius 2 is 2.12 bits per heavy atom. The van der Waals surface area contributed by atoms with Crippen molar-refractivity contribution in [1.29, 1.82) is 0 Å². The maximum Gasteiger partial charge on any atom is 0.254 e. The highest BCUT2D eigenvalue weighted by Gasteiger charge is 2.36. The molecule has 25 heavy (non-hydrogen) atoms. The predicted octanol–water partition coefficient (Wildman–Crippen LogP) is 1.72. The third kappa shape index (κ3) is 1.50. The van der Waals surface area contributed by atoms with E-state index in [-0.39, 0.29) is 11.9 Å². The van der Waals surface area contributed by atoms with Gasteiger partial charge < -0.3 is 15.2 Å². The molecule has 1 aromatic heterocycles. The van der Waals surface area contributed by atoms with Crippen LogP contribution in [0, 0.1) is 0 Å². The van der Waals surface area contributed by atoms with Gasteiger partial charge in [0.05, 0.1) is 22.8 Å². The monoisotopic (exact) mass is 327 g/mol. The fourth-order valence-electron chi connectivity index (χ4n) is 4.70. The number of nitrogens with zero attached hydrogens (tertiary/aromatic N) is 1. The molecule has 6 rings (SSSR count). The van der Waals surface area contributed by atoms with E-state index < -0.39 is 0 Å². The van der Waals surface area contributed by atoms with Crippen LogP contribution >= 0.6 is 0 Å². The van der Waals surface area contributed by atoms with Gasteiger partial charge in [-0.2, -0.15) is 0 Å². The molecule has 0 saturated heterocycles. The molecule has 2 aromatic rings. The highest BCUT2D eigenvalue weighted by atomic mass is 16.2. The van der Waals surface area contributed by atoms with E-state index >= 15 is 0 Å². The van der Waals surface area contributed by atoms with E-state index in [0.29, 0.717) is 6.54 Å². The summed E-state index contributed by atoms with van der Waals surface area (Å²) in [5.74, 6) is 0.135. The molecule has 4 nitrogen and oxygen atoms in total. The van der Waals surface area contributed by atoms with Crippen LogP contribution in [0.2, 0.25) is 0 Å². The van der Waals surface area contributed by atoms with Gasteiger partial charge in [-0.3, -0.25) is 4.79 Å². The molecule has 4 heteroatoms. The number of allylic oxidation sites excluding steroid dienone is 4. The quantitative estimate of drug-likeness (QED) is 0.774. The minimum absolute atomic E-state index is 0.135. The number of anilines is 1. The van der Waals surface area contributed by atoms with Crippen molar-refractivity contribution in [3.8, 4) is 0 Å². The van der Waals surface area contributed by atoms with Crippen LogP contribution in [0.4, 0.5) is 5.69 Å². The number of carbonyl (C=O) groups excluding carboxylic acids is 1. The average Bonchev–Trinajstić information content (AvgIpc) is 3.27. The summed E-state index contributed by atoms with van der Waals surface area (Å²) in [6, 6.07) is 0.149. The largest absolute Gasteiger partial charge is 0.372 e. The Kier molecular flexibility index (Phi) is 2.31. The van der Waals surface area contributed by atoms with Crippen molar-refractivity contribution in [2.45, 2.75) is 19.0 Å². The van der Waals surface area contributed by atoms with Gasteiger partial charge >= 0.3 is 0 Å². The molecule has 0 bridgehead atoms. The first-order chi connectivity index (χ1) is 12.2. The third-order valence-corrected chi connectivity index (χ3v) is 5.78. The van der Waals surface area contributed by atoms with Crippen molar-refractivity contribution in [2.75, 3.05) is 12.4 Å². The fourth-order valence-corrected chi connectivity index (χ4v) is 4.70. The maximum atomic E-state index is 13.0. The van der Waals surface area contributed by atoms with Crippen LogP contribution in [-0.4, -0.2) is 28.9 Å². The SMILES string of the molecule is CN1Cc2c(c3c(c4[nH]c5c(c24)CC=CC=5)NC2C=CC=CC=32)C1=O. The van der Waals surface area contributed by atoms with Gasteiger partial charge in [-0.15, -0.1) is 0 Å². The first kappa shape index (κ1) is 13.3. The molecule has 2 N–H and O–H groups in total. The van der Waals surface area contributed by atoms with E-state index in [1.54, 1.807) is 0 Å². The highest BCUT2D eigenvalue weighted by molar-refractivity contribution is 6.11. The fraction of sp³-hybridized carbons (Fsp3) is 0.190. The second-order valence-corrected chi connectivity index (χ2v) is 7.15. The van der Waals surface area contributed by atoms with Gasteiger partial charge in [-0.05, 0) is 29.2 Å². The minimum atomic E-state index is 0.135. The van der Waals surface area contributed by atoms with Gasteiger partial charge in [-0.1, -0.05) is 36.5 Å². The number of H-pyrrole nitrogens is 1. The maximum absolute atomic E-state index is 13.0. The second kappa shape index (κ2) is 4.33. The number of rotatable bonds is 0. The molecule has 122 valence electrons. The third-order valence-electron chi connectivity index (χ3n) is 5.78. The summed E-state index contributed by atoms with van der Waals surface area (Å²) in [5, 5.41) is 7.14. The molecular weight excluding hydrogens is 310 g/mol. The summed E-state index contributed by atoms with van der Waals surface area (Å²) in [5.41, 5.74) is 6.81. The lowest BCUT2D eigenvalue weighted by atomic mass is 9.94. The van der Waals surface area contributed by atoms with Gasteiger partial charge in [0.2, 0.25) is 0 Å². The summed E-state index contributed by atoms with van der Waals surface area (Å²) in [4.78, 5) is 18.4. The molecule has 0 saturated carbocycles. The van der Waals surface area contributed by atoms with E-state index in [1.165, 1.54) is 27.4 Å². The Balaban J connectivity index is 1.86. The van der Waals surface area contributed by atoms with Crippen LogP contribution < -0.4 is 15.9 Å². The molecule has 3 heterocycles. The molecule has 0 radical (unpaired) electrons. The van der Waals surface area contributed by atoms with Crippen molar-refractivity contribution < 1.29 is 4.79 Å². The first-order valence-corrected chi connectivity index (χ1v) is 8.71. The Morgan fingerprint density at radius 1 is 1.20 bits per heavy atom. The van der Waals surface area contributed by atoms with Crippen molar-refractivity contribution in [3.05, 3.63) is 63.7 Å². The molecular formula is C21H17N3O. The Bertz CT molecular complexity index is 1210. The van der Waals surface area contributed by atoms with E-state index in [4.69, 9.17) is 0 Å². The number of nitrogens with one attached hydrogen (secondary N) is 2. The number of hydrogen-bond donors (Lipinski definition) is 2. The molecule has 2 aliphatic carbocycles. The van der Waals surface area contributed by atoms with Crippen molar-refractivity contribution >= 4 is 34.1 Å². The predicted molar refractivity (Wildman–Crippen MR) is 99.8 cm³/mol. The molecule has 4 aliphatic rings. The van der Waals surface area contributed by atoms with Crippen molar-refractivity contribution in [1.82, 2.24) is 9.88 Å². The topological polar surface area (TPSA) is 48.1 Å². The van der Waals surface area contributed by atoms with Crippen LogP contribution in [0.3, 0.4) is 0 Å². The second-order valence-electron chi connectivity index (χ2n) is 7.15. The zero-order valence-electron chi connectivity index (χ0n) is 13.9. The molecule has 2 aliphatic heterocycles. The standard InChI is InChI=1S/C21H17N3O/c1-24-10-13-16-11-6-2-4-8-14(11)22-19(16)20-17(18(13)21(24)25)12-7-3-5-9-15(12)23-20/h2-5,7-9,15,22-23H,6,10H2,1H3. The van der Waals surface area contributed by atoms with Crippen LogP contribution in [0.5, 0.6) is 0 Å². The number of amides is 1. The summed E-state index contributed by atoms with van der Waals surface area (Å²) in [7, 11) is 1.90. The van der Waals surface area contributed by atoms with Gasteiger partial charge in [-0.25, -0.2) is 0 Å². The number of hydrogen-bond acceptors (Lipinski definition) is 2. The summed E-state index contributed by atoms with van der Waals surface area (Å²) < 4.78 is 0. The Labute approximate surface area is 144 Å². The summed E-state index contributed by atoms with van der Waals surface area (Å²) >= 11 is 0. The van der Waals surface area contributed by atoms with Gasteiger partial charge in [0, 0.05) is 29.5 Å². The van der Waals surface area contributed by atoms with E-state index in [2.05, 4.69) is 52.8 Å². The average molecular weight is 327 g/mol. The number of benzene rings is 1. The van der Waals surface area contributed by atoms with Crippen LogP contribution in [0.1, 0.15) is 21.5 Å². The summed E-state index contributed by atoms with van der Waals surface area (Å²) in [6.45, 7) is 0.684. The summed E-state index contributed by atoms with van der Waals surface area (Å²) in [6.07, 6.45) is 15.7. The van der Waals surface area contributed by atoms with Crippen LogP contribution in [0.25, 0.3) is 22.6 Å². The smallest absolute Gasteiger partial charge is 0.254 e. The number of carbonyl (C=O) groups is 1. The molecule has 1 amide bonds. The van der Waals surface area contributed by atoms with E-state index in [9.17, 15) is 4.79 Å². The first-order valence-electron chi connectivity index (χ1n) is 8.71. The van der Waals surface area contributed by atoms with Gasteiger partial charge in [0.15, 0.2) is 0 Å². The van der Waals surface area contributed by atoms with E-state index in [0.717, 1.165) is 28.4 Å². The normalized spacial score (nSPS) is 22.0. The van der Waals surface area contributed by atoms with Crippen molar-refractivity contribution in [3.63, 3.8) is 0 Å². The molecule has 0 fully saturated rings. The molecule has 1 unspecified atom stereocenters. The highest BCUT2D eigenvalue weighted by Crippen LogP contribution is 2.37. The lowest BCUT2D eigenvalue weighted by Crippen LogP contribution is -2.23. The van der Waals surface area contributed by atoms with Crippen molar-refractivity contribution in [2.24, 2.45) is 0 Å². The molecule has 0 spiro atoms. The van der Waals surface area contributed by atoms with Crippen LogP contribution in [-0.2, 0) is 13.0 Å².